The summed E-state index contributed by atoms with van der Waals surface area (Å²) in [5.41, 5.74) is 0.747. The van der Waals surface area contributed by atoms with Crippen molar-refractivity contribution in [3.05, 3.63) is 39.9 Å². The minimum absolute atomic E-state index is 0.581. The van der Waals surface area contributed by atoms with Gasteiger partial charge in [-0.2, -0.15) is 0 Å². The maximum Gasteiger partial charge on any atom is 0.142 e. The van der Waals surface area contributed by atoms with Gasteiger partial charge in [0.2, 0.25) is 0 Å². The molecule has 0 saturated carbocycles. The van der Waals surface area contributed by atoms with Gasteiger partial charge in [0.15, 0.2) is 0 Å². The third-order valence-corrected chi connectivity index (χ3v) is 1.89. The summed E-state index contributed by atoms with van der Waals surface area (Å²) in [7, 11) is 0. The molecule has 0 aromatic heterocycles. The zero-order valence-electron chi connectivity index (χ0n) is 6.13. The molecular weight excluding hydrogens is 195 g/mol. The molecule has 3 heteroatoms. The van der Waals surface area contributed by atoms with Crippen molar-refractivity contribution >= 4 is 35.6 Å². The Morgan fingerprint density at radius 2 is 2.00 bits per heavy atom. The van der Waals surface area contributed by atoms with Gasteiger partial charge in [0.25, 0.3) is 0 Å². The second-order valence-corrected chi connectivity index (χ2v) is 3.00. The molecule has 0 spiro atoms. The molecule has 0 unspecified atom stereocenters. The molecule has 0 N–H and O–H groups in total. The van der Waals surface area contributed by atoms with Crippen molar-refractivity contribution in [2.45, 2.75) is 0 Å². The fraction of sp³-hybridized carbons (Fsp3) is 0. The zero-order chi connectivity index (χ0) is 8.97. The molecule has 0 radical (unpaired) electrons. The van der Waals surface area contributed by atoms with E-state index < -0.39 is 0 Å². The Bertz CT molecular complexity index is 318. The maximum atomic E-state index is 10.0. The molecule has 62 valence electrons. The van der Waals surface area contributed by atoms with Crippen LogP contribution < -0.4 is 0 Å². The third-order valence-electron chi connectivity index (χ3n) is 1.31. The van der Waals surface area contributed by atoms with Crippen LogP contribution in [0, 0.1) is 0 Å². The Morgan fingerprint density at radius 3 is 2.67 bits per heavy atom. The highest BCUT2D eigenvalue weighted by Gasteiger charge is 1.96. The molecule has 0 saturated heterocycles. The van der Waals surface area contributed by atoms with E-state index in [1.165, 1.54) is 6.08 Å². The molecule has 0 fully saturated rings. The minimum Gasteiger partial charge on any atom is -0.299 e. The first-order valence-electron chi connectivity index (χ1n) is 3.31. The number of carbonyl (C=O) groups excluding carboxylic acids is 1. The summed E-state index contributed by atoms with van der Waals surface area (Å²) in [6.45, 7) is 0. The monoisotopic (exact) mass is 200 g/mol. The Morgan fingerprint density at radius 1 is 1.25 bits per heavy atom. The van der Waals surface area contributed by atoms with Gasteiger partial charge in [-0.05, 0) is 29.8 Å². The first kappa shape index (κ1) is 9.30. The van der Waals surface area contributed by atoms with Gasteiger partial charge < -0.3 is 0 Å². The molecule has 0 amide bonds. The lowest BCUT2D eigenvalue weighted by atomic mass is 10.2. The predicted molar refractivity (Wildman–Crippen MR) is 51.6 cm³/mol. The first-order valence-corrected chi connectivity index (χ1v) is 4.06. The number of carbonyl (C=O) groups is 1. The van der Waals surface area contributed by atoms with Gasteiger partial charge in [-0.3, -0.25) is 4.79 Å². The van der Waals surface area contributed by atoms with Crippen LogP contribution in [-0.4, -0.2) is 6.29 Å². The Balaban J connectivity index is 3.04. The van der Waals surface area contributed by atoms with Crippen LogP contribution in [0.25, 0.3) is 6.08 Å². The van der Waals surface area contributed by atoms with E-state index in [-0.39, 0.29) is 0 Å². The highest BCUT2D eigenvalue weighted by molar-refractivity contribution is 6.34. The second kappa shape index (κ2) is 4.29. The quantitative estimate of drug-likeness (QED) is 0.530. The smallest absolute Gasteiger partial charge is 0.142 e. The summed E-state index contributed by atoms with van der Waals surface area (Å²) in [6, 6.07) is 5.08. The van der Waals surface area contributed by atoms with Gasteiger partial charge in [0.05, 0.1) is 0 Å². The van der Waals surface area contributed by atoms with E-state index in [9.17, 15) is 4.79 Å². The van der Waals surface area contributed by atoms with Crippen LogP contribution in [0.15, 0.2) is 24.3 Å². The van der Waals surface area contributed by atoms with Gasteiger partial charge >= 0.3 is 0 Å². The molecule has 0 atom stereocenters. The van der Waals surface area contributed by atoms with Crippen molar-refractivity contribution in [3.8, 4) is 0 Å². The highest BCUT2D eigenvalue weighted by Crippen LogP contribution is 2.21. The second-order valence-electron chi connectivity index (χ2n) is 2.16. The third kappa shape index (κ3) is 2.36. The molecule has 0 aliphatic rings. The Hall–Kier alpha value is -0.790. The van der Waals surface area contributed by atoms with Gasteiger partial charge in [-0.25, -0.2) is 0 Å². The fourth-order valence-electron chi connectivity index (χ4n) is 0.785. The number of hydrogen-bond acceptors (Lipinski definition) is 1. The number of benzene rings is 1. The number of aldehydes is 1. The molecule has 12 heavy (non-hydrogen) atoms. The van der Waals surface area contributed by atoms with Crippen molar-refractivity contribution in [1.82, 2.24) is 0 Å². The highest BCUT2D eigenvalue weighted by atomic mass is 35.5. The zero-order valence-corrected chi connectivity index (χ0v) is 7.64. The molecule has 0 aliphatic carbocycles. The summed E-state index contributed by atoms with van der Waals surface area (Å²) < 4.78 is 0. The average molecular weight is 201 g/mol. The Kier molecular flexibility index (Phi) is 3.32. The molecule has 0 aliphatic heterocycles. The van der Waals surface area contributed by atoms with Crippen molar-refractivity contribution in [1.29, 1.82) is 0 Å². The van der Waals surface area contributed by atoms with Crippen LogP contribution in [0.3, 0.4) is 0 Å². The van der Waals surface area contributed by atoms with E-state index in [0.29, 0.717) is 16.3 Å². The lowest BCUT2D eigenvalue weighted by Crippen LogP contribution is -1.75. The van der Waals surface area contributed by atoms with Crippen LogP contribution in [0.5, 0.6) is 0 Å². The number of halogens is 2. The molecule has 1 aromatic carbocycles. The standard InChI is InChI=1S/C9H6Cl2O/c10-8-3-4-9(11)7(6-8)2-1-5-12/h1-6H/b2-1+. The topological polar surface area (TPSA) is 17.1 Å². The molecule has 1 aromatic rings. The SMILES string of the molecule is O=C/C=C/c1cc(Cl)ccc1Cl. The van der Waals surface area contributed by atoms with E-state index in [4.69, 9.17) is 23.2 Å². The van der Waals surface area contributed by atoms with E-state index in [2.05, 4.69) is 0 Å². The molecule has 1 nitrogen and oxygen atoms in total. The van der Waals surface area contributed by atoms with Gasteiger partial charge in [-0.1, -0.05) is 29.3 Å². The van der Waals surface area contributed by atoms with Crippen LogP contribution in [0.1, 0.15) is 5.56 Å². The summed E-state index contributed by atoms with van der Waals surface area (Å²) in [5, 5.41) is 1.18. The van der Waals surface area contributed by atoms with E-state index in [1.54, 1.807) is 24.3 Å². The number of rotatable bonds is 2. The van der Waals surface area contributed by atoms with E-state index in [0.717, 1.165) is 5.56 Å². The molecule has 1 rings (SSSR count). The molecule has 0 heterocycles. The Labute approximate surface area is 80.6 Å². The number of hydrogen-bond donors (Lipinski definition) is 0. The molecular formula is C9H6Cl2O. The van der Waals surface area contributed by atoms with Crippen molar-refractivity contribution in [2.24, 2.45) is 0 Å². The molecule has 0 bridgehead atoms. The van der Waals surface area contributed by atoms with Gasteiger partial charge in [0, 0.05) is 10.0 Å². The van der Waals surface area contributed by atoms with Crippen LogP contribution >= 0.6 is 23.2 Å². The normalized spacial score (nSPS) is 10.5. The minimum atomic E-state index is 0.581. The van der Waals surface area contributed by atoms with Gasteiger partial charge in [-0.15, -0.1) is 0 Å². The largest absolute Gasteiger partial charge is 0.299 e. The first-order chi connectivity index (χ1) is 5.74. The lowest BCUT2D eigenvalue weighted by Gasteiger charge is -1.96. The van der Waals surface area contributed by atoms with Crippen LogP contribution in [0.2, 0.25) is 10.0 Å². The fourth-order valence-corrected chi connectivity index (χ4v) is 1.15. The van der Waals surface area contributed by atoms with E-state index in [1.807, 2.05) is 0 Å². The van der Waals surface area contributed by atoms with E-state index >= 15 is 0 Å². The van der Waals surface area contributed by atoms with Crippen molar-refractivity contribution in [3.63, 3.8) is 0 Å². The average Bonchev–Trinajstić information content (AvgIpc) is 2.07. The van der Waals surface area contributed by atoms with Crippen LogP contribution in [0.4, 0.5) is 0 Å². The van der Waals surface area contributed by atoms with Crippen molar-refractivity contribution < 1.29 is 4.79 Å². The summed E-state index contributed by atoms with van der Waals surface area (Å²) in [5.74, 6) is 0. The summed E-state index contributed by atoms with van der Waals surface area (Å²) >= 11 is 11.5. The van der Waals surface area contributed by atoms with Gasteiger partial charge in [0.1, 0.15) is 6.29 Å². The number of allylic oxidation sites excluding steroid dienone is 1. The summed E-state index contributed by atoms with van der Waals surface area (Å²) in [4.78, 5) is 10.0. The predicted octanol–water partition coefficient (Wildman–Crippen LogP) is 3.21. The van der Waals surface area contributed by atoms with Crippen molar-refractivity contribution in [2.75, 3.05) is 0 Å². The van der Waals surface area contributed by atoms with Crippen LogP contribution in [-0.2, 0) is 4.79 Å². The summed E-state index contributed by atoms with van der Waals surface area (Å²) in [6.07, 6.45) is 3.68. The lowest BCUT2D eigenvalue weighted by molar-refractivity contribution is -0.104. The maximum absolute atomic E-state index is 10.0.